The molecule has 0 bridgehead atoms. The van der Waals surface area contributed by atoms with Crippen molar-refractivity contribution < 1.29 is 4.79 Å². The Morgan fingerprint density at radius 2 is 1.40 bits per heavy atom. The summed E-state index contributed by atoms with van der Waals surface area (Å²) in [6.45, 7) is 5.02. The maximum absolute atomic E-state index is 13.1. The van der Waals surface area contributed by atoms with Crippen LogP contribution < -0.4 is 0 Å². The first-order chi connectivity index (χ1) is 12.0. The van der Waals surface area contributed by atoms with Crippen LogP contribution in [0.4, 0.5) is 0 Å². The van der Waals surface area contributed by atoms with Crippen LogP contribution in [0.5, 0.6) is 0 Å². The molecule has 0 spiro atoms. The van der Waals surface area contributed by atoms with E-state index in [1.54, 1.807) is 0 Å². The summed E-state index contributed by atoms with van der Waals surface area (Å²) >= 11 is 0. The molecule has 1 unspecified atom stereocenters. The third kappa shape index (κ3) is 3.91. The van der Waals surface area contributed by atoms with Gasteiger partial charge >= 0.3 is 0 Å². The highest BCUT2D eigenvalue weighted by Gasteiger charge is 2.32. The van der Waals surface area contributed by atoms with E-state index < -0.39 is 0 Å². The van der Waals surface area contributed by atoms with Crippen molar-refractivity contribution in [2.45, 2.75) is 26.7 Å². The average molecular weight is 333 g/mol. The molecule has 0 heterocycles. The molecule has 2 nitrogen and oxygen atoms in total. The van der Waals surface area contributed by atoms with Gasteiger partial charge in [-0.05, 0) is 57.5 Å². The Kier molecular flexibility index (Phi) is 5.19. The van der Waals surface area contributed by atoms with Crippen molar-refractivity contribution in [2.24, 2.45) is 5.92 Å². The first-order valence-corrected chi connectivity index (χ1v) is 9.02. The molecule has 1 aliphatic rings. The van der Waals surface area contributed by atoms with E-state index in [0.717, 1.165) is 41.7 Å². The van der Waals surface area contributed by atoms with E-state index in [1.165, 1.54) is 11.1 Å². The number of nitrogens with zero attached hydrogens (tertiary/aromatic N) is 1. The number of Topliss-reactive ketones (excluding diaryl/α,β-unsaturated/α-hetero) is 1. The molecule has 2 aromatic rings. The lowest BCUT2D eigenvalue weighted by molar-refractivity contribution is -0.118. The Hall–Kier alpha value is -2.19. The van der Waals surface area contributed by atoms with Crippen molar-refractivity contribution in [2.75, 3.05) is 20.6 Å². The Labute approximate surface area is 151 Å². The fourth-order valence-corrected chi connectivity index (χ4v) is 3.64. The van der Waals surface area contributed by atoms with Crippen LogP contribution in [0.2, 0.25) is 0 Å². The van der Waals surface area contributed by atoms with E-state index in [4.69, 9.17) is 0 Å². The predicted octanol–water partition coefficient (Wildman–Crippen LogP) is 4.65. The van der Waals surface area contributed by atoms with Gasteiger partial charge in [0.25, 0.3) is 0 Å². The minimum Gasteiger partial charge on any atom is -0.309 e. The van der Waals surface area contributed by atoms with Crippen LogP contribution in [0, 0.1) is 19.8 Å². The molecule has 0 N–H and O–H groups in total. The van der Waals surface area contributed by atoms with Gasteiger partial charge in [-0.3, -0.25) is 4.79 Å². The van der Waals surface area contributed by atoms with Crippen molar-refractivity contribution in [3.8, 4) is 0 Å². The lowest BCUT2D eigenvalue weighted by Crippen LogP contribution is -2.24. The summed E-state index contributed by atoms with van der Waals surface area (Å²) in [5.74, 6) is 0.445. The summed E-state index contributed by atoms with van der Waals surface area (Å²) in [7, 11) is 4.08. The zero-order valence-corrected chi connectivity index (χ0v) is 15.7. The minimum atomic E-state index is 0.121. The molecule has 2 heteroatoms. The fourth-order valence-electron chi connectivity index (χ4n) is 3.64. The second-order valence-corrected chi connectivity index (χ2v) is 7.45. The molecule has 0 radical (unpaired) electrons. The average Bonchev–Trinajstić information content (AvgIpc) is 2.92. The van der Waals surface area contributed by atoms with Gasteiger partial charge < -0.3 is 4.90 Å². The first-order valence-electron chi connectivity index (χ1n) is 9.02. The normalized spacial score (nSPS) is 17.4. The van der Waals surface area contributed by atoms with Crippen molar-refractivity contribution in [1.29, 1.82) is 0 Å². The first kappa shape index (κ1) is 17.6. The summed E-state index contributed by atoms with van der Waals surface area (Å²) in [6, 6.07) is 17.1. The summed E-state index contributed by atoms with van der Waals surface area (Å²) in [5.41, 5.74) is 6.87. The molecule has 130 valence electrons. The molecule has 1 atom stereocenters. The van der Waals surface area contributed by atoms with Gasteiger partial charge in [0.15, 0.2) is 5.78 Å². The molecule has 3 rings (SSSR count). The smallest absolute Gasteiger partial charge is 0.163 e. The Morgan fingerprint density at radius 3 is 1.84 bits per heavy atom. The molecule has 25 heavy (non-hydrogen) atoms. The van der Waals surface area contributed by atoms with Crippen LogP contribution in [-0.2, 0) is 4.79 Å². The second kappa shape index (κ2) is 7.37. The number of benzene rings is 2. The minimum absolute atomic E-state index is 0.121. The van der Waals surface area contributed by atoms with Crippen molar-refractivity contribution >= 4 is 11.4 Å². The predicted molar refractivity (Wildman–Crippen MR) is 105 cm³/mol. The Bertz CT molecular complexity index is 734. The van der Waals surface area contributed by atoms with E-state index in [9.17, 15) is 4.79 Å². The highest BCUT2D eigenvalue weighted by molar-refractivity contribution is 6.08. The molecule has 1 aliphatic carbocycles. The van der Waals surface area contributed by atoms with E-state index in [-0.39, 0.29) is 5.92 Å². The number of hydrogen-bond donors (Lipinski definition) is 0. The van der Waals surface area contributed by atoms with Crippen LogP contribution in [0.15, 0.2) is 54.1 Å². The van der Waals surface area contributed by atoms with Gasteiger partial charge in [-0.15, -0.1) is 0 Å². The molecular formula is C23H27NO. The molecule has 1 fully saturated rings. The largest absolute Gasteiger partial charge is 0.309 e. The summed E-state index contributed by atoms with van der Waals surface area (Å²) in [4.78, 5) is 15.2. The number of allylic oxidation sites excluding steroid dienone is 1. The van der Waals surface area contributed by atoms with E-state index in [1.807, 2.05) is 14.1 Å². The van der Waals surface area contributed by atoms with Gasteiger partial charge in [0.1, 0.15) is 0 Å². The number of hydrogen-bond acceptors (Lipinski definition) is 2. The highest BCUT2D eigenvalue weighted by atomic mass is 16.1. The van der Waals surface area contributed by atoms with Crippen molar-refractivity contribution in [3.05, 3.63) is 76.4 Å². The van der Waals surface area contributed by atoms with Gasteiger partial charge in [-0.2, -0.15) is 0 Å². The maximum Gasteiger partial charge on any atom is 0.163 e. The van der Waals surface area contributed by atoms with Crippen molar-refractivity contribution in [1.82, 2.24) is 4.90 Å². The molecule has 0 aliphatic heterocycles. The lowest BCUT2D eigenvalue weighted by Gasteiger charge is -2.16. The van der Waals surface area contributed by atoms with Crippen LogP contribution >= 0.6 is 0 Å². The van der Waals surface area contributed by atoms with E-state index in [2.05, 4.69) is 67.3 Å². The van der Waals surface area contributed by atoms with Gasteiger partial charge in [0.05, 0.1) is 0 Å². The molecule has 0 amide bonds. The standard InChI is InChI=1S/C23H27NO/c1-16-5-9-18(10-6-16)22(19-11-7-17(2)8-12-19)21-14-13-20(23(21)25)15-24(3)4/h5-12,20H,13-15H2,1-4H3. The summed E-state index contributed by atoms with van der Waals surface area (Å²) in [6.07, 6.45) is 1.82. The fraction of sp³-hybridized carbons (Fsp3) is 0.348. The second-order valence-electron chi connectivity index (χ2n) is 7.45. The Morgan fingerprint density at radius 1 is 0.920 bits per heavy atom. The van der Waals surface area contributed by atoms with E-state index in [0.29, 0.717) is 5.78 Å². The zero-order valence-electron chi connectivity index (χ0n) is 15.7. The zero-order chi connectivity index (χ0) is 18.0. The molecule has 2 aromatic carbocycles. The number of carbonyl (C=O) groups is 1. The molecule has 0 saturated heterocycles. The highest BCUT2D eigenvalue weighted by Crippen LogP contribution is 2.37. The van der Waals surface area contributed by atoms with Crippen LogP contribution in [0.25, 0.3) is 5.57 Å². The molecule has 1 saturated carbocycles. The van der Waals surface area contributed by atoms with Crippen LogP contribution in [0.3, 0.4) is 0 Å². The number of carbonyl (C=O) groups excluding carboxylic acids is 1. The monoisotopic (exact) mass is 333 g/mol. The van der Waals surface area contributed by atoms with Gasteiger partial charge in [0, 0.05) is 18.0 Å². The van der Waals surface area contributed by atoms with Crippen LogP contribution in [0.1, 0.15) is 35.1 Å². The summed E-state index contributed by atoms with van der Waals surface area (Å²) in [5, 5.41) is 0. The Balaban J connectivity index is 2.09. The SMILES string of the molecule is Cc1ccc(C(=C2CCC(CN(C)C)C2=O)c2ccc(C)cc2)cc1. The number of aryl methyl sites for hydroxylation is 2. The molecular weight excluding hydrogens is 306 g/mol. The number of rotatable bonds is 4. The van der Waals surface area contributed by atoms with Gasteiger partial charge in [-0.1, -0.05) is 59.7 Å². The topological polar surface area (TPSA) is 20.3 Å². The number of ketones is 1. The van der Waals surface area contributed by atoms with Gasteiger partial charge in [-0.25, -0.2) is 0 Å². The quantitative estimate of drug-likeness (QED) is 0.759. The summed E-state index contributed by atoms with van der Waals surface area (Å²) < 4.78 is 0. The van der Waals surface area contributed by atoms with Gasteiger partial charge in [0.2, 0.25) is 0 Å². The molecule has 0 aromatic heterocycles. The van der Waals surface area contributed by atoms with Crippen molar-refractivity contribution in [3.63, 3.8) is 0 Å². The lowest BCUT2D eigenvalue weighted by atomic mass is 9.90. The third-order valence-electron chi connectivity index (χ3n) is 4.98. The van der Waals surface area contributed by atoms with E-state index >= 15 is 0 Å². The van der Waals surface area contributed by atoms with Crippen LogP contribution in [-0.4, -0.2) is 31.3 Å². The maximum atomic E-state index is 13.1. The third-order valence-corrected chi connectivity index (χ3v) is 4.98.